The molecular formula is C13H11F3N4OS. The normalized spacial score (nSPS) is 12.0. The first-order chi connectivity index (χ1) is 10.3. The fraction of sp³-hybridized carbons (Fsp3) is 0.308. The van der Waals surface area contributed by atoms with Gasteiger partial charge in [-0.25, -0.2) is 0 Å². The fourth-order valence-electron chi connectivity index (χ4n) is 2.00. The van der Waals surface area contributed by atoms with E-state index in [9.17, 15) is 13.2 Å². The Bertz CT molecular complexity index is 802. The van der Waals surface area contributed by atoms with Crippen molar-refractivity contribution in [3.63, 3.8) is 0 Å². The highest BCUT2D eigenvalue weighted by atomic mass is 32.1. The fourth-order valence-corrected chi connectivity index (χ4v) is 2.92. The van der Waals surface area contributed by atoms with Crippen LogP contribution in [0.5, 0.6) is 0 Å². The van der Waals surface area contributed by atoms with Gasteiger partial charge in [-0.2, -0.15) is 23.3 Å². The summed E-state index contributed by atoms with van der Waals surface area (Å²) in [5, 5.41) is 7.73. The van der Waals surface area contributed by atoms with Crippen LogP contribution in [0.15, 0.2) is 22.7 Å². The van der Waals surface area contributed by atoms with Gasteiger partial charge in [0.05, 0.1) is 17.1 Å². The molecule has 0 unspecified atom stereocenters. The number of aromatic nitrogens is 4. The zero-order valence-electron chi connectivity index (χ0n) is 11.7. The van der Waals surface area contributed by atoms with Gasteiger partial charge in [0.2, 0.25) is 5.82 Å². The summed E-state index contributed by atoms with van der Waals surface area (Å²) >= 11 is 1.31. The van der Waals surface area contributed by atoms with Gasteiger partial charge in [-0.15, -0.1) is 11.3 Å². The zero-order chi connectivity index (χ0) is 15.9. The van der Waals surface area contributed by atoms with E-state index >= 15 is 0 Å². The van der Waals surface area contributed by atoms with Crippen molar-refractivity contribution in [2.75, 3.05) is 0 Å². The quantitative estimate of drug-likeness (QED) is 0.736. The Morgan fingerprint density at radius 2 is 2.05 bits per heavy atom. The Balaban J connectivity index is 1.82. The average molecular weight is 328 g/mol. The molecule has 0 spiro atoms. The van der Waals surface area contributed by atoms with Gasteiger partial charge in [-0.05, 0) is 32.0 Å². The molecule has 0 saturated heterocycles. The maximum atomic E-state index is 12.5. The minimum Gasteiger partial charge on any atom is -0.329 e. The highest BCUT2D eigenvalue weighted by Gasteiger charge is 2.38. The number of aryl methyl sites for hydroxylation is 2. The Morgan fingerprint density at radius 1 is 1.27 bits per heavy atom. The number of thiophene rings is 1. The molecule has 0 atom stereocenters. The number of hydrogen-bond donors (Lipinski definition) is 0. The maximum absolute atomic E-state index is 12.5. The van der Waals surface area contributed by atoms with Gasteiger partial charge in [-0.3, -0.25) is 4.68 Å². The number of alkyl halides is 3. The molecule has 5 nitrogen and oxygen atoms in total. The van der Waals surface area contributed by atoms with Gasteiger partial charge >= 0.3 is 12.1 Å². The molecule has 22 heavy (non-hydrogen) atoms. The number of hydrogen-bond acceptors (Lipinski definition) is 5. The molecule has 3 rings (SSSR count). The molecule has 3 aromatic rings. The van der Waals surface area contributed by atoms with E-state index in [1.165, 1.54) is 11.3 Å². The van der Waals surface area contributed by atoms with E-state index in [4.69, 9.17) is 0 Å². The summed E-state index contributed by atoms with van der Waals surface area (Å²) in [6.07, 6.45) is -4.63. The van der Waals surface area contributed by atoms with Crippen LogP contribution in [0.2, 0.25) is 0 Å². The molecule has 0 amide bonds. The largest absolute Gasteiger partial charge is 0.471 e. The standard InChI is InChI=1S/C13H11F3N4OS/c1-7-5-8(2)20(18-7)6-9-3-4-10(22-9)11-17-12(21-19-11)13(14,15)16/h3-5H,6H2,1-2H3. The highest BCUT2D eigenvalue weighted by Crippen LogP contribution is 2.31. The van der Waals surface area contributed by atoms with Crippen molar-refractivity contribution < 1.29 is 17.7 Å². The molecule has 116 valence electrons. The third kappa shape index (κ3) is 2.89. The number of nitrogens with zero attached hydrogens (tertiary/aromatic N) is 4. The first kappa shape index (κ1) is 14.8. The lowest BCUT2D eigenvalue weighted by molar-refractivity contribution is -0.159. The molecule has 9 heteroatoms. The van der Waals surface area contributed by atoms with Crippen molar-refractivity contribution in [1.29, 1.82) is 0 Å². The average Bonchev–Trinajstić information content (AvgIpc) is 3.10. The minimum absolute atomic E-state index is 0.0584. The van der Waals surface area contributed by atoms with Gasteiger partial charge in [0.15, 0.2) is 0 Å². The third-order valence-corrected chi connectivity index (χ3v) is 4.03. The summed E-state index contributed by atoms with van der Waals surface area (Å²) < 4.78 is 43.4. The Labute approximate surface area is 127 Å². The molecule has 0 aliphatic rings. The van der Waals surface area contributed by atoms with Gasteiger partial charge in [0, 0.05) is 10.6 Å². The molecule has 0 aliphatic carbocycles. The molecular weight excluding hydrogens is 317 g/mol. The summed E-state index contributed by atoms with van der Waals surface area (Å²) in [5.41, 5.74) is 1.94. The Hall–Kier alpha value is -2.16. The van der Waals surface area contributed by atoms with E-state index in [0.717, 1.165) is 16.3 Å². The van der Waals surface area contributed by atoms with E-state index in [-0.39, 0.29) is 5.82 Å². The Kier molecular flexibility index (Phi) is 3.51. The predicted molar refractivity (Wildman–Crippen MR) is 73.4 cm³/mol. The molecule has 3 aromatic heterocycles. The lowest BCUT2D eigenvalue weighted by Gasteiger charge is -2.01. The van der Waals surface area contributed by atoms with Crippen LogP contribution in [0, 0.1) is 13.8 Å². The van der Waals surface area contributed by atoms with Crippen LogP contribution < -0.4 is 0 Å². The van der Waals surface area contributed by atoms with Crippen LogP contribution in [0.1, 0.15) is 22.2 Å². The maximum Gasteiger partial charge on any atom is 0.471 e. The molecule has 3 heterocycles. The van der Waals surface area contributed by atoms with Crippen molar-refractivity contribution >= 4 is 11.3 Å². The van der Waals surface area contributed by atoms with E-state index in [1.807, 2.05) is 30.7 Å². The lowest BCUT2D eigenvalue weighted by Crippen LogP contribution is -2.04. The predicted octanol–water partition coefficient (Wildman–Crippen LogP) is 3.68. The summed E-state index contributed by atoms with van der Waals surface area (Å²) in [6.45, 7) is 4.40. The van der Waals surface area contributed by atoms with E-state index in [2.05, 4.69) is 19.8 Å². The van der Waals surface area contributed by atoms with Gasteiger partial charge < -0.3 is 4.52 Å². The molecule has 0 aromatic carbocycles. The molecule has 0 bridgehead atoms. The minimum atomic E-state index is -4.63. The number of rotatable bonds is 3. The van der Waals surface area contributed by atoms with Crippen molar-refractivity contribution in [3.8, 4) is 10.7 Å². The first-order valence-corrected chi connectivity index (χ1v) is 7.15. The zero-order valence-corrected chi connectivity index (χ0v) is 12.5. The topological polar surface area (TPSA) is 56.7 Å². The van der Waals surface area contributed by atoms with Crippen LogP contribution in [-0.2, 0) is 12.7 Å². The Morgan fingerprint density at radius 3 is 2.64 bits per heavy atom. The van der Waals surface area contributed by atoms with E-state index in [1.54, 1.807) is 6.07 Å². The van der Waals surface area contributed by atoms with Crippen molar-refractivity contribution in [2.24, 2.45) is 0 Å². The van der Waals surface area contributed by atoms with Gasteiger partial charge in [-0.1, -0.05) is 5.16 Å². The molecule has 0 aliphatic heterocycles. The van der Waals surface area contributed by atoms with Crippen molar-refractivity contribution in [1.82, 2.24) is 19.9 Å². The summed E-state index contributed by atoms with van der Waals surface area (Å²) in [4.78, 5) is 4.85. The summed E-state index contributed by atoms with van der Waals surface area (Å²) in [7, 11) is 0. The second kappa shape index (κ2) is 5.24. The van der Waals surface area contributed by atoms with Crippen LogP contribution in [0.4, 0.5) is 13.2 Å². The van der Waals surface area contributed by atoms with Gasteiger partial charge in [0.1, 0.15) is 0 Å². The number of halogens is 3. The first-order valence-electron chi connectivity index (χ1n) is 6.34. The summed E-state index contributed by atoms with van der Waals surface area (Å²) in [5.74, 6) is -1.40. The third-order valence-electron chi connectivity index (χ3n) is 2.96. The van der Waals surface area contributed by atoms with Crippen molar-refractivity contribution in [3.05, 3.63) is 40.4 Å². The second-order valence-electron chi connectivity index (χ2n) is 4.77. The van der Waals surface area contributed by atoms with Crippen LogP contribution in [0.3, 0.4) is 0 Å². The van der Waals surface area contributed by atoms with Crippen LogP contribution in [-0.4, -0.2) is 19.9 Å². The van der Waals surface area contributed by atoms with E-state index < -0.39 is 12.1 Å². The molecule has 0 N–H and O–H groups in total. The monoisotopic (exact) mass is 328 g/mol. The van der Waals surface area contributed by atoms with Gasteiger partial charge in [0.25, 0.3) is 0 Å². The van der Waals surface area contributed by atoms with Crippen LogP contribution >= 0.6 is 11.3 Å². The van der Waals surface area contributed by atoms with Crippen LogP contribution in [0.25, 0.3) is 10.7 Å². The van der Waals surface area contributed by atoms with E-state index in [0.29, 0.717) is 11.4 Å². The lowest BCUT2D eigenvalue weighted by atomic mass is 10.4. The molecule has 0 fully saturated rings. The molecule has 0 saturated carbocycles. The summed E-state index contributed by atoms with van der Waals surface area (Å²) in [6, 6.07) is 5.46. The highest BCUT2D eigenvalue weighted by molar-refractivity contribution is 7.15. The SMILES string of the molecule is Cc1cc(C)n(Cc2ccc(-c3noc(C(F)(F)F)n3)s2)n1. The van der Waals surface area contributed by atoms with Crippen molar-refractivity contribution in [2.45, 2.75) is 26.6 Å². The smallest absolute Gasteiger partial charge is 0.329 e. The second-order valence-corrected chi connectivity index (χ2v) is 5.94. The molecule has 0 radical (unpaired) electrons.